The summed E-state index contributed by atoms with van der Waals surface area (Å²) in [5, 5.41) is 7.03. The van der Waals surface area contributed by atoms with Gasteiger partial charge in [-0.15, -0.1) is 0 Å². The molecule has 0 saturated carbocycles. The summed E-state index contributed by atoms with van der Waals surface area (Å²) in [6, 6.07) is 1.57. The first-order chi connectivity index (χ1) is 9.29. The van der Waals surface area contributed by atoms with E-state index in [1.54, 1.807) is 0 Å². The molecular weight excluding hydrogens is 236 g/mol. The van der Waals surface area contributed by atoms with E-state index in [4.69, 9.17) is 0 Å². The Morgan fingerprint density at radius 3 is 2.47 bits per heavy atom. The minimum absolute atomic E-state index is 0.767. The van der Waals surface area contributed by atoms with Crippen LogP contribution in [0, 0.1) is 0 Å². The van der Waals surface area contributed by atoms with Gasteiger partial charge in [-0.05, 0) is 65.5 Å². The van der Waals surface area contributed by atoms with Crippen LogP contribution in [-0.2, 0) is 0 Å². The molecule has 4 nitrogen and oxygen atoms in total. The summed E-state index contributed by atoms with van der Waals surface area (Å²) >= 11 is 0. The summed E-state index contributed by atoms with van der Waals surface area (Å²) in [5.41, 5.74) is 0. The molecule has 2 aliphatic rings. The van der Waals surface area contributed by atoms with Crippen LogP contribution < -0.4 is 10.6 Å². The van der Waals surface area contributed by atoms with Gasteiger partial charge in [0.25, 0.3) is 0 Å². The highest BCUT2D eigenvalue weighted by Crippen LogP contribution is 2.12. The molecule has 0 bridgehead atoms. The van der Waals surface area contributed by atoms with Crippen LogP contribution in [0.1, 0.15) is 32.6 Å². The van der Waals surface area contributed by atoms with Crippen LogP contribution in [-0.4, -0.2) is 74.7 Å². The highest BCUT2D eigenvalue weighted by molar-refractivity contribution is 4.79. The van der Waals surface area contributed by atoms with Crippen molar-refractivity contribution in [1.29, 1.82) is 0 Å². The van der Waals surface area contributed by atoms with Crippen molar-refractivity contribution in [3.8, 4) is 0 Å². The van der Waals surface area contributed by atoms with E-state index in [9.17, 15) is 0 Å². The number of hydrogen-bond donors (Lipinski definition) is 2. The van der Waals surface area contributed by atoms with Gasteiger partial charge in [-0.2, -0.15) is 0 Å². The molecule has 2 heterocycles. The van der Waals surface area contributed by atoms with Gasteiger partial charge in [-0.3, -0.25) is 0 Å². The minimum atomic E-state index is 0.767. The average Bonchev–Trinajstić information content (AvgIpc) is 2.47. The van der Waals surface area contributed by atoms with Gasteiger partial charge in [-0.1, -0.05) is 6.92 Å². The quantitative estimate of drug-likeness (QED) is 0.744. The first-order valence-electron chi connectivity index (χ1n) is 8.16. The van der Waals surface area contributed by atoms with Crippen LogP contribution in [0.3, 0.4) is 0 Å². The van der Waals surface area contributed by atoms with Crippen molar-refractivity contribution in [3.05, 3.63) is 0 Å². The topological polar surface area (TPSA) is 30.5 Å². The van der Waals surface area contributed by atoms with Crippen molar-refractivity contribution in [3.63, 3.8) is 0 Å². The highest BCUT2D eigenvalue weighted by atomic mass is 15.2. The van der Waals surface area contributed by atoms with Crippen LogP contribution in [0.5, 0.6) is 0 Å². The van der Waals surface area contributed by atoms with Gasteiger partial charge in [0.15, 0.2) is 0 Å². The predicted octanol–water partition coefficient (Wildman–Crippen LogP) is 0.744. The lowest BCUT2D eigenvalue weighted by Gasteiger charge is -2.36. The number of nitrogens with one attached hydrogen (secondary N) is 2. The molecule has 112 valence electrons. The van der Waals surface area contributed by atoms with Crippen molar-refractivity contribution in [2.75, 3.05) is 52.9 Å². The smallest absolute Gasteiger partial charge is 0.0117 e. The van der Waals surface area contributed by atoms with E-state index < -0.39 is 0 Å². The second kappa shape index (κ2) is 8.20. The molecule has 0 radical (unpaired) electrons. The van der Waals surface area contributed by atoms with Gasteiger partial charge in [-0.25, -0.2) is 0 Å². The second-order valence-corrected chi connectivity index (χ2v) is 6.14. The molecule has 0 amide bonds. The average molecular weight is 268 g/mol. The van der Waals surface area contributed by atoms with E-state index in [0.29, 0.717) is 0 Å². The summed E-state index contributed by atoms with van der Waals surface area (Å²) in [6.07, 6.45) is 5.29. The number of hydrogen-bond acceptors (Lipinski definition) is 4. The first kappa shape index (κ1) is 15.2. The maximum atomic E-state index is 3.58. The third kappa shape index (κ3) is 5.03. The van der Waals surface area contributed by atoms with E-state index in [2.05, 4.69) is 34.4 Å². The van der Waals surface area contributed by atoms with E-state index in [1.165, 1.54) is 65.0 Å². The van der Waals surface area contributed by atoms with Crippen LogP contribution in [0.4, 0.5) is 0 Å². The Bertz CT molecular complexity index is 232. The molecule has 0 aromatic carbocycles. The van der Waals surface area contributed by atoms with Crippen molar-refractivity contribution in [1.82, 2.24) is 20.4 Å². The molecule has 2 N–H and O–H groups in total. The Morgan fingerprint density at radius 1 is 1.16 bits per heavy atom. The molecule has 0 spiro atoms. The van der Waals surface area contributed by atoms with Crippen molar-refractivity contribution in [2.45, 2.75) is 44.7 Å². The standard InChI is InChI=1S/C15H32N4/c1-3-17-14-6-10-19(11-7-14)13-12-18(2)15-4-8-16-9-5-15/h14-17H,3-13H2,1-2H3. The molecule has 2 fully saturated rings. The number of nitrogens with zero attached hydrogens (tertiary/aromatic N) is 2. The van der Waals surface area contributed by atoms with Crippen molar-refractivity contribution < 1.29 is 0 Å². The Balaban J connectivity index is 1.60. The number of rotatable bonds is 6. The molecule has 4 heteroatoms. The lowest BCUT2D eigenvalue weighted by molar-refractivity contribution is 0.144. The Hall–Kier alpha value is -0.160. The Labute approximate surface area is 118 Å². The Kier molecular flexibility index (Phi) is 6.57. The van der Waals surface area contributed by atoms with E-state index in [-0.39, 0.29) is 0 Å². The third-order valence-electron chi connectivity index (χ3n) is 4.78. The van der Waals surface area contributed by atoms with Gasteiger partial charge in [0, 0.05) is 25.2 Å². The van der Waals surface area contributed by atoms with Gasteiger partial charge in [0.05, 0.1) is 0 Å². The summed E-state index contributed by atoms with van der Waals surface area (Å²) in [7, 11) is 2.31. The van der Waals surface area contributed by atoms with Crippen LogP contribution >= 0.6 is 0 Å². The first-order valence-corrected chi connectivity index (χ1v) is 8.16. The predicted molar refractivity (Wildman–Crippen MR) is 81.7 cm³/mol. The van der Waals surface area contributed by atoms with E-state index in [0.717, 1.165) is 18.6 Å². The minimum Gasteiger partial charge on any atom is -0.317 e. The summed E-state index contributed by atoms with van der Waals surface area (Å²) in [4.78, 5) is 5.22. The maximum absolute atomic E-state index is 3.58. The zero-order chi connectivity index (χ0) is 13.5. The second-order valence-electron chi connectivity index (χ2n) is 6.14. The van der Waals surface area contributed by atoms with E-state index >= 15 is 0 Å². The molecule has 0 unspecified atom stereocenters. The fourth-order valence-electron chi connectivity index (χ4n) is 3.38. The van der Waals surface area contributed by atoms with E-state index in [1.807, 2.05) is 0 Å². The van der Waals surface area contributed by atoms with Crippen molar-refractivity contribution >= 4 is 0 Å². The van der Waals surface area contributed by atoms with Gasteiger partial charge in [0.2, 0.25) is 0 Å². The molecular formula is C15H32N4. The monoisotopic (exact) mass is 268 g/mol. The lowest BCUT2D eigenvalue weighted by Crippen LogP contribution is -2.47. The number of piperidine rings is 2. The fraction of sp³-hybridized carbons (Fsp3) is 1.00. The largest absolute Gasteiger partial charge is 0.317 e. The lowest BCUT2D eigenvalue weighted by atomic mass is 10.0. The molecule has 0 aromatic rings. The molecule has 2 saturated heterocycles. The summed E-state index contributed by atoms with van der Waals surface area (Å²) in [6.45, 7) is 10.8. The highest BCUT2D eigenvalue weighted by Gasteiger charge is 2.20. The number of likely N-dealkylation sites (N-methyl/N-ethyl adjacent to an activating group) is 1. The van der Waals surface area contributed by atoms with Crippen molar-refractivity contribution in [2.24, 2.45) is 0 Å². The molecule has 2 aliphatic heterocycles. The summed E-state index contributed by atoms with van der Waals surface area (Å²) in [5.74, 6) is 0. The molecule has 0 atom stereocenters. The van der Waals surface area contributed by atoms with Crippen LogP contribution in [0.2, 0.25) is 0 Å². The van der Waals surface area contributed by atoms with Crippen LogP contribution in [0.25, 0.3) is 0 Å². The maximum Gasteiger partial charge on any atom is 0.0117 e. The normalized spacial score (nSPS) is 24.2. The van der Waals surface area contributed by atoms with Crippen LogP contribution in [0.15, 0.2) is 0 Å². The molecule has 19 heavy (non-hydrogen) atoms. The number of likely N-dealkylation sites (tertiary alicyclic amines) is 1. The zero-order valence-corrected chi connectivity index (χ0v) is 12.8. The molecule has 0 aromatic heterocycles. The SMILES string of the molecule is CCNC1CCN(CCN(C)C2CCNCC2)CC1. The van der Waals surface area contributed by atoms with Gasteiger partial charge < -0.3 is 20.4 Å². The van der Waals surface area contributed by atoms with Gasteiger partial charge in [0.1, 0.15) is 0 Å². The Morgan fingerprint density at radius 2 is 1.84 bits per heavy atom. The zero-order valence-electron chi connectivity index (χ0n) is 12.8. The summed E-state index contributed by atoms with van der Waals surface area (Å²) < 4.78 is 0. The third-order valence-corrected chi connectivity index (χ3v) is 4.78. The fourth-order valence-corrected chi connectivity index (χ4v) is 3.38. The molecule has 0 aliphatic carbocycles. The van der Waals surface area contributed by atoms with Gasteiger partial charge >= 0.3 is 0 Å². The molecule has 2 rings (SSSR count).